The Balaban J connectivity index is 2.25. The largest absolute Gasteiger partial charge is 0.439 e. The topological polar surface area (TPSA) is 64.9 Å². The van der Waals surface area contributed by atoms with Gasteiger partial charge in [-0.1, -0.05) is 13.3 Å². The number of oxazole rings is 1. The minimum atomic E-state index is 0.439. The Labute approximate surface area is 94.9 Å². The lowest BCUT2D eigenvalue weighted by Crippen LogP contribution is -2.15. The number of hydrogen-bond acceptors (Lipinski definition) is 4. The highest BCUT2D eigenvalue weighted by Crippen LogP contribution is 2.17. The molecule has 0 aliphatic rings. The lowest BCUT2D eigenvalue weighted by atomic mass is 10.0. The van der Waals surface area contributed by atoms with Crippen LogP contribution in [0.5, 0.6) is 0 Å². The van der Waals surface area contributed by atoms with Crippen molar-refractivity contribution in [2.24, 2.45) is 11.7 Å². The molecule has 0 saturated carbocycles. The lowest BCUT2D eigenvalue weighted by molar-refractivity contribution is 0.438. The number of pyridine rings is 1. The van der Waals surface area contributed by atoms with Gasteiger partial charge in [-0.2, -0.15) is 4.98 Å². The second-order valence-electron chi connectivity index (χ2n) is 4.10. The quantitative estimate of drug-likeness (QED) is 0.854. The molecule has 0 radical (unpaired) electrons. The van der Waals surface area contributed by atoms with Crippen molar-refractivity contribution < 1.29 is 4.42 Å². The summed E-state index contributed by atoms with van der Waals surface area (Å²) in [5, 5.41) is 0. The van der Waals surface area contributed by atoms with E-state index in [4.69, 9.17) is 10.2 Å². The van der Waals surface area contributed by atoms with Crippen molar-refractivity contribution >= 4 is 11.2 Å². The zero-order chi connectivity index (χ0) is 11.5. The fourth-order valence-electron chi connectivity index (χ4n) is 1.69. The number of fused-ring (bicyclic) bond motifs is 1. The van der Waals surface area contributed by atoms with Crippen LogP contribution in [0.25, 0.3) is 11.2 Å². The molecule has 1 atom stereocenters. The fraction of sp³-hybridized carbons (Fsp3) is 0.500. The van der Waals surface area contributed by atoms with Crippen molar-refractivity contribution in [3.63, 3.8) is 0 Å². The SMILES string of the molecule is CCC(CN)Cc1nc2nc(C)ccc2o1. The molecular weight excluding hydrogens is 202 g/mol. The molecule has 0 spiro atoms. The number of nitrogens with two attached hydrogens (primary N) is 1. The van der Waals surface area contributed by atoms with Gasteiger partial charge in [-0.3, -0.25) is 0 Å². The highest BCUT2D eigenvalue weighted by molar-refractivity contribution is 5.67. The van der Waals surface area contributed by atoms with Gasteiger partial charge in [-0.15, -0.1) is 0 Å². The van der Waals surface area contributed by atoms with Crippen LogP contribution in [0.3, 0.4) is 0 Å². The highest BCUT2D eigenvalue weighted by Gasteiger charge is 2.11. The molecule has 0 aromatic carbocycles. The fourth-order valence-corrected chi connectivity index (χ4v) is 1.69. The van der Waals surface area contributed by atoms with Crippen LogP contribution >= 0.6 is 0 Å². The van der Waals surface area contributed by atoms with Crippen molar-refractivity contribution in [3.05, 3.63) is 23.7 Å². The van der Waals surface area contributed by atoms with E-state index in [1.807, 2.05) is 19.1 Å². The van der Waals surface area contributed by atoms with Gasteiger partial charge in [0.2, 0.25) is 0 Å². The van der Waals surface area contributed by atoms with Crippen LogP contribution in [0.15, 0.2) is 16.5 Å². The molecule has 4 heteroatoms. The molecule has 1 unspecified atom stereocenters. The first-order valence-corrected chi connectivity index (χ1v) is 5.66. The van der Waals surface area contributed by atoms with Crippen LogP contribution in [0.1, 0.15) is 24.9 Å². The summed E-state index contributed by atoms with van der Waals surface area (Å²) >= 11 is 0. The lowest BCUT2D eigenvalue weighted by Gasteiger charge is -2.07. The van der Waals surface area contributed by atoms with Crippen molar-refractivity contribution in [2.75, 3.05) is 6.54 Å². The monoisotopic (exact) mass is 219 g/mol. The minimum Gasteiger partial charge on any atom is -0.439 e. The zero-order valence-corrected chi connectivity index (χ0v) is 9.73. The second-order valence-corrected chi connectivity index (χ2v) is 4.10. The summed E-state index contributed by atoms with van der Waals surface area (Å²) in [6, 6.07) is 3.84. The van der Waals surface area contributed by atoms with Gasteiger partial charge in [0.05, 0.1) is 0 Å². The summed E-state index contributed by atoms with van der Waals surface area (Å²) < 4.78 is 5.63. The van der Waals surface area contributed by atoms with Gasteiger partial charge in [0.25, 0.3) is 0 Å². The molecule has 86 valence electrons. The van der Waals surface area contributed by atoms with E-state index in [-0.39, 0.29) is 0 Å². The minimum absolute atomic E-state index is 0.439. The molecule has 2 aromatic heterocycles. The summed E-state index contributed by atoms with van der Waals surface area (Å²) in [4.78, 5) is 8.70. The first-order valence-electron chi connectivity index (χ1n) is 5.66. The van der Waals surface area contributed by atoms with Crippen molar-refractivity contribution in [1.29, 1.82) is 0 Å². The van der Waals surface area contributed by atoms with E-state index in [1.54, 1.807) is 0 Å². The molecule has 2 heterocycles. The maximum atomic E-state index is 5.66. The Hall–Kier alpha value is -1.42. The Morgan fingerprint density at radius 2 is 2.19 bits per heavy atom. The van der Waals surface area contributed by atoms with Gasteiger partial charge in [0.1, 0.15) is 0 Å². The van der Waals surface area contributed by atoms with Gasteiger partial charge in [0.15, 0.2) is 17.1 Å². The Morgan fingerprint density at radius 3 is 2.88 bits per heavy atom. The Morgan fingerprint density at radius 1 is 1.38 bits per heavy atom. The normalized spacial score (nSPS) is 13.2. The number of aryl methyl sites for hydroxylation is 1. The van der Waals surface area contributed by atoms with Crippen LogP contribution in [0, 0.1) is 12.8 Å². The summed E-state index contributed by atoms with van der Waals surface area (Å²) in [6.07, 6.45) is 1.84. The van der Waals surface area contributed by atoms with Crippen LogP contribution in [-0.4, -0.2) is 16.5 Å². The molecule has 0 aliphatic heterocycles. The smallest absolute Gasteiger partial charge is 0.199 e. The van der Waals surface area contributed by atoms with Crippen molar-refractivity contribution in [2.45, 2.75) is 26.7 Å². The van der Waals surface area contributed by atoms with E-state index in [9.17, 15) is 0 Å². The molecule has 0 aliphatic carbocycles. The predicted octanol–water partition coefficient (Wildman–Crippen LogP) is 2.06. The molecule has 4 nitrogen and oxygen atoms in total. The van der Waals surface area contributed by atoms with Gasteiger partial charge >= 0.3 is 0 Å². The third-order valence-electron chi connectivity index (χ3n) is 2.81. The molecule has 16 heavy (non-hydrogen) atoms. The maximum Gasteiger partial charge on any atom is 0.199 e. The molecule has 2 N–H and O–H groups in total. The van der Waals surface area contributed by atoms with Gasteiger partial charge in [-0.05, 0) is 31.5 Å². The first kappa shape index (κ1) is 11.1. The Bertz CT molecular complexity index is 474. The summed E-state index contributed by atoms with van der Waals surface area (Å²) in [5.74, 6) is 1.18. The number of aromatic nitrogens is 2. The molecule has 0 amide bonds. The van der Waals surface area contributed by atoms with E-state index in [0.717, 1.165) is 30.0 Å². The van der Waals surface area contributed by atoms with Gasteiger partial charge in [-0.25, -0.2) is 4.98 Å². The number of rotatable bonds is 4. The average molecular weight is 219 g/mol. The van der Waals surface area contributed by atoms with E-state index in [0.29, 0.717) is 18.1 Å². The van der Waals surface area contributed by atoms with Crippen LogP contribution in [0.4, 0.5) is 0 Å². The van der Waals surface area contributed by atoms with E-state index >= 15 is 0 Å². The third kappa shape index (κ3) is 2.22. The summed E-state index contributed by atoms with van der Waals surface area (Å²) in [5.41, 5.74) is 8.07. The standard InChI is InChI=1S/C12H17N3O/c1-3-9(7-13)6-11-15-12-10(16-11)5-4-8(2)14-12/h4-5,9H,3,6-7,13H2,1-2H3. The third-order valence-corrected chi connectivity index (χ3v) is 2.81. The average Bonchev–Trinajstić information content (AvgIpc) is 2.67. The predicted molar refractivity (Wildman–Crippen MR) is 63.1 cm³/mol. The summed E-state index contributed by atoms with van der Waals surface area (Å²) in [7, 11) is 0. The molecule has 0 fully saturated rings. The van der Waals surface area contributed by atoms with Gasteiger partial charge in [0, 0.05) is 12.1 Å². The van der Waals surface area contributed by atoms with Crippen LogP contribution in [0.2, 0.25) is 0 Å². The van der Waals surface area contributed by atoms with Crippen molar-refractivity contribution in [1.82, 2.24) is 9.97 Å². The molecular formula is C12H17N3O. The maximum absolute atomic E-state index is 5.66. The van der Waals surface area contributed by atoms with E-state index in [2.05, 4.69) is 16.9 Å². The van der Waals surface area contributed by atoms with E-state index < -0.39 is 0 Å². The van der Waals surface area contributed by atoms with Crippen molar-refractivity contribution in [3.8, 4) is 0 Å². The molecule has 2 aromatic rings. The first-order chi connectivity index (χ1) is 7.72. The number of nitrogens with zero attached hydrogens (tertiary/aromatic N) is 2. The Kier molecular flexibility index (Phi) is 3.19. The van der Waals surface area contributed by atoms with Gasteiger partial charge < -0.3 is 10.2 Å². The molecule has 0 saturated heterocycles. The van der Waals surface area contributed by atoms with E-state index in [1.165, 1.54) is 0 Å². The molecule has 0 bridgehead atoms. The number of hydrogen-bond donors (Lipinski definition) is 1. The van der Waals surface area contributed by atoms with Crippen LogP contribution < -0.4 is 5.73 Å². The molecule has 2 rings (SSSR count). The second kappa shape index (κ2) is 4.61. The summed E-state index contributed by atoms with van der Waals surface area (Å²) in [6.45, 7) is 4.74. The highest BCUT2D eigenvalue weighted by atomic mass is 16.3. The van der Waals surface area contributed by atoms with Crippen LogP contribution in [-0.2, 0) is 6.42 Å². The zero-order valence-electron chi connectivity index (χ0n) is 9.73.